The molecule has 8 bridgehead atoms. The molecule has 0 radical (unpaired) electrons. The minimum absolute atomic E-state index is 0.0615. The van der Waals surface area contributed by atoms with E-state index in [2.05, 4.69) is 0 Å². The molecule has 18 N–H and O–H groups in total. The lowest BCUT2D eigenvalue weighted by Gasteiger charge is -2.48. The highest BCUT2D eigenvalue weighted by Gasteiger charge is 2.63. The van der Waals surface area contributed by atoms with Crippen molar-refractivity contribution in [2.24, 2.45) is 0 Å². The smallest absolute Gasteiger partial charge is 0.187 e. The van der Waals surface area contributed by atoms with E-state index in [1.807, 2.05) is 0 Å². The van der Waals surface area contributed by atoms with Crippen molar-refractivity contribution in [2.45, 2.75) is 246 Å². The Balaban J connectivity index is 0.660. The highest BCUT2D eigenvalue weighted by molar-refractivity contribution is 5.05. The first-order valence-electron chi connectivity index (χ1n) is 28.0. The molecule has 0 aromatic carbocycles. The zero-order chi connectivity index (χ0) is 60.2. The minimum atomic E-state index is -1.95. The van der Waals surface area contributed by atoms with Gasteiger partial charge in [-0.1, -0.05) is 0 Å². The normalized spacial score (nSPS) is 57.5. The van der Waals surface area contributed by atoms with Gasteiger partial charge in [-0.3, -0.25) is 0 Å². The van der Waals surface area contributed by atoms with Crippen molar-refractivity contribution in [1.29, 1.82) is 0 Å². The Kier molecular flexibility index (Phi) is 19.4. The second-order valence-corrected chi connectivity index (χ2v) is 22.9. The molecule has 0 spiro atoms. The first-order valence-corrected chi connectivity index (χ1v) is 28.0. The minimum Gasteiger partial charge on any atom is -0.394 e. The number of aliphatic hydroxyl groups is 18. The fourth-order valence-corrected chi connectivity index (χ4v) is 13.0. The molecule has 0 aromatic rings. The van der Waals surface area contributed by atoms with Crippen LogP contribution in [0, 0.1) is 0 Å². The van der Waals surface area contributed by atoms with Gasteiger partial charge >= 0.3 is 0 Å². The Labute approximate surface area is 479 Å². The molecule has 12 heterocycles. The van der Waals surface area contributed by atoms with Crippen LogP contribution in [0.2, 0.25) is 0 Å². The molecule has 0 amide bonds. The van der Waals surface area contributed by atoms with Crippen LogP contribution in [0.3, 0.4) is 0 Å². The average molecular weight is 1240 g/mol. The van der Waals surface area contributed by atoms with E-state index in [0.717, 1.165) is 0 Å². The molecular weight excluding hydrogens is 1170 g/mol. The third-order valence-electron chi connectivity index (χ3n) is 17.6. The van der Waals surface area contributed by atoms with Gasteiger partial charge in [0.2, 0.25) is 0 Å². The van der Waals surface area contributed by atoms with Crippen LogP contribution in [-0.4, -0.2) is 390 Å². The van der Waals surface area contributed by atoms with Crippen LogP contribution in [0.1, 0.15) is 0 Å². The summed E-state index contributed by atoms with van der Waals surface area (Å²) in [7, 11) is 0. The van der Waals surface area contributed by atoms with Gasteiger partial charge in [0.05, 0.1) is 52.9 Å². The van der Waals surface area contributed by atoms with Crippen molar-refractivity contribution >= 4 is 0 Å². The van der Waals surface area contributed by atoms with Gasteiger partial charge in [-0.2, -0.15) is 0 Å². The molecule has 12 rings (SSSR count). The third kappa shape index (κ3) is 11.6. The Morgan fingerprint density at radius 2 is 0.482 bits per heavy atom. The third-order valence-corrected chi connectivity index (χ3v) is 17.6. The Morgan fingerprint density at radius 3 is 0.812 bits per heavy atom. The second-order valence-electron chi connectivity index (χ2n) is 22.9. The Hall–Kier alpha value is -1.48. The summed E-state index contributed by atoms with van der Waals surface area (Å²) < 4.78 is 110. The first-order chi connectivity index (χ1) is 40.7. The standard InChI is InChI=1S/C48H74O37/c49-1-9-17(53)34(22(58)41(66)71-9)82-46-27(63)38-30(14(76-46)6-68-38)79-44-25(61)36(19(55)11(3-51)73-44)84-48-29(65)40-32(16(78-48)8-70-40)81-45-26(62)37(20(56)12(4-52)74-45)85-47-28(64)39-31(15(77-47)7-69-39)80-43-24(60)35(18(54)10(2-50)72-43)83-42-23(59)33-21(57)13(75-42)5-67-33/h9-66H,1-8H2/t9-,10-,11-,12-,13+,14+,15+,16+,17+,18+,19+,20+,21-,22-,23+,24-,25-,26-,27+,28+,29+,30-,31-,32-,33-,34+,35+,36+,37+,38+,39+,40+,41-,42+,43+,44+,45+,46+,47+,48+/m1/s1. The summed E-state index contributed by atoms with van der Waals surface area (Å²) in [5.74, 6) is 0. The molecule has 488 valence electrons. The number of ether oxygens (including phenoxy) is 19. The second kappa shape index (κ2) is 25.9. The first kappa shape index (κ1) is 63.7. The zero-order valence-electron chi connectivity index (χ0n) is 44.6. The van der Waals surface area contributed by atoms with Crippen molar-refractivity contribution in [3.05, 3.63) is 0 Å². The Morgan fingerprint density at radius 1 is 0.235 bits per heavy atom. The number of fused-ring (bicyclic) bond motifs is 8. The quantitative estimate of drug-likeness (QED) is 0.0606. The lowest BCUT2D eigenvalue weighted by Crippen LogP contribution is -2.67. The van der Waals surface area contributed by atoms with Crippen LogP contribution in [-0.2, 0) is 90.0 Å². The molecule has 85 heavy (non-hydrogen) atoms. The molecule has 37 heteroatoms. The van der Waals surface area contributed by atoms with Gasteiger partial charge in [-0.15, -0.1) is 0 Å². The highest BCUT2D eigenvalue weighted by Crippen LogP contribution is 2.43. The monoisotopic (exact) mass is 1240 g/mol. The lowest BCUT2D eigenvalue weighted by atomic mass is 9.96. The van der Waals surface area contributed by atoms with Crippen molar-refractivity contribution in [2.75, 3.05) is 52.9 Å². The fraction of sp³-hybridized carbons (Fsp3) is 1.00. The largest absolute Gasteiger partial charge is 0.394 e. The van der Waals surface area contributed by atoms with E-state index in [4.69, 9.17) is 90.0 Å². The van der Waals surface area contributed by atoms with E-state index >= 15 is 0 Å². The molecule has 0 saturated carbocycles. The number of aliphatic hydroxyl groups excluding tert-OH is 18. The summed E-state index contributed by atoms with van der Waals surface area (Å²) in [5, 5.41) is 196. The molecular formula is C48H74O37. The van der Waals surface area contributed by atoms with Crippen LogP contribution >= 0.6 is 0 Å². The zero-order valence-corrected chi connectivity index (χ0v) is 44.6. The summed E-state index contributed by atoms with van der Waals surface area (Å²) in [6.45, 7) is -4.07. The van der Waals surface area contributed by atoms with E-state index < -0.39 is 272 Å². The Bertz CT molecular complexity index is 2200. The maximum atomic E-state index is 11.7. The maximum Gasteiger partial charge on any atom is 0.187 e. The van der Waals surface area contributed by atoms with Crippen LogP contribution in [0.4, 0.5) is 0 Å². The van der Waals surface area contributed by atoms with Crippen LogP contribution in [0.15, 0.2) is 0 Å². The van der Waals surface area contributed by atoms with Crippen LogP contribution in [0.25, 0.3) is 0 Å². The van der Waals surface area contributed by atoms with E-state index in [1.54, 1.807) is 0 Å². The van der Waals surface area contributed by atoms with Crippen molar-refractivity contribution in [3.8, 4) is 0 Å². The van der Waals surface area contributed by atoms with Gasteiger partial charge < -0.3 is 182 Å². The molecule has 40 atom stereocenters. The van der Waals surface area contributed by atoms with E-state index in [1.165, 1.54) is 0 Å². The number of hydrogen-bond acceptors (Lipinski definition) is 37. The van der Waals surface area contributed by atoms with Gasteiger partial charge in [-0.25, -0.2) is 0 Å². The van der Waals surface area contributed by atoms with Gasteiger partial charge in [0.15, 0.2) is 50.3 Å². The molecule has 0 unspecified atom stereocenters. The summed E-state index contributed by atoms with van der Waals surface area (Å²) in [5.41, 5.74) is 0. The highest BCUT2D eigenvalue weighted by atomic mass is 16.8. The van der Waals surface area contributed by atoms with Crippen molar-refractivity contribution in [1.82, 2.24) is 0 Å². The molecule has 12 saturated heterocycles. The lowest BCUT2D eigenvalue weighted by molar-refractivity contribution is -0.384. The maximum absolute atomic E-state index is 11.7. The summed E-state index contributed by atoms with van der Waals surface area (Å²) in [4.78, 5) is 0. The predicted octanol–water partition coefficient (Wildman–Crippen LogP) is -14.3. The van der Waals surface area contributed by atoms with E-state index in [0.29, 0.717) is 0 Å². The predicted molar refractivity (Wildman–Crippen MR) is 251 cm³/mol. The molecule has 37 nitrogen and oxygen atoms in total. The van der Waals surface area contributed by atoms with Crippen molar-refractivity contribution in [3.63, 3.8) is 0 Å². The van der Waals surface area contributed by atoms with Gasteiger partial charge in [0, 0.05) is 0 Å². The van der Waals surface area contributed by atoms with E-state index in [9.17, 15) is 91.9 Å². The number of rotatable bonds is 18. The summed E-state index contributed by atoms with van der Waals surface area (Å²) in [6, 6.07) is 0. The number of hydrogen-bond donors (Lipinski definition) is 18. The molecule has 12 aliphatic rings. The summed E-state index contributed by atoms with van der Waals surface area (Å²) >= 11 is 0. The average Bonchev–Trinajstić information content (AvgIpc) is 2.27. The fourth-order valence-electron chi connectivity index (χ4n) is 13.0. The van der Waals surface area contributed by atoms with Gasteiger partial charge in [0.25, 0.3) is 0 Å². The molecule has 0 aromatic heterocycles. The molecule has 12 fully saturated rings. The topological polar surface area (TPSA) is 540 Å². The van der Waals surface area contributed by atoms with Gasteiger partial charge in [0.1, 0.15) is 195 Å². The van der Waals surface area contributed by atoms with Crippen molar-refractivity contribution < 1.29 is 182 Å². The molecule has 0 aliphatic carbocycles. The van der Waals surface area contributed by atoms with E-state index in [-0.39, 0.29) is 26.4 Å². The van der Waals surface area contributed by atoms with Crippen LogP contribution in [0.5, 0.6) is 0 Å². The molecule has 12 aliphatic heterocycles. The summed E-state index contributed by atoms with van der Waals surface area (Å²) in [6.07, 6.45) is -61.8. The van der Waals surface area contributed by atoms with Gasteiger partial charge in [-0.05, 0) is 0 Å². The SMILES string of the molecule is OC[C@H]1O[C@@H](O)[C@H](O)[C@@H](O[C@@H]2O[C@H]3CO[C@@H]([C@@H]2O)[C@@H]3O[C@@H]2O[C@H](CO)[C@H](O)[C@H](O[C@@H]3O[C@H]4CO[C@@H]([C@@H]3O)[C@@H]4O[C@@H]3O[C@H](CO)[C@H](O)[C@H](O[C@@H]4O[C@H]5CO[C@@H]([C@@H]4O)[C@@H]5O[C@@H]4O[C@H](CO)[C@H](O)[C@H](O[C@@H]5O[C@H]6CO[C@@H]([C@@H]5O)[C@@H]6O)[C@H]4O)[C@H]3O)[C@H]2O)[C@H]1O. The van der Waals surface area contributed by atoms with Crippen LogP contribution < -0.4 is 0 Å².